The zero-order valence-electron chi connectivity index (χ0n) is 16.0. The number of aromatic nitrogens is 3. The number of carbonyl (C=O) groups excluding carboxylic acids is 1. The van der Waals surface area contributed by atoms with Crippen molar-refractivity contribution in [1.82, 2.24) is 19.5 Å². The summed E-state index contributed by atoms with van der Waals surface area (Å²) in [6, 6.07) is 13.9. The molecule has 0 unspecified atom stereocenters. The average molecular weight is 396 g/mol. The van der Waals surface area contributed by atoms with Crippen LogP contribution in [0.4, 0.5) is 5.69 Å². The molecule has 28 heavy (non-hydrogen) atoms. The van der Waals surface area contributed by atoms with Gasteiger partial charge in [-0.05, 0) is 49.9 Å². The van der Waals surface area contributed by atoms with Gasteiger partial charge in [0.1, 0.15) is 5.82 Å². The van der Waals surface area contributed by atoms with Gasteiger partial charge < -0.3 is 10.2 Å². The maximum atomic E-state index is 12.4. The van der Waals surface area contributed by atoms with Crippen molar-refractivity contribution in [3.8, 4) is 0 Å². The third kappa shape index (κ3) is 4.20. The standard InChI is InChI=1S/C21H25N5OS/c1-28-18-9-3-2-8-17(18)22-20(27)11-14-25-12-6-7-16(15-25)21-24-23-19-10-4-5-13-26(19)21/h2-5,8-10,13,16H,6-7,11-12,14-15H2,1H3,(H,22,27)/t16-/m0/s1. The first-order valence-electron chi connectivity index (χ1n) is 9.69. The lowest BCUT2D eigenvalue weighted by molar-refractivity contribution is -0.116. The summed E-state index contributed by atoms with van der Waals surface area (Å²) in [5.41, 5.74) is 1.79. The minimum absolute atomic E-state index is 0.0663. The third-order valence-corrected chi connectivity index (χ3v) is 6.04. The highest BCUT2D eigenvalue weighted by atomic mass is 32.2. The molecular formula is C21H25N5OS. The van der Waals surface area contributed by atoms with E-state index < -0.39 is 0 Å². The van der Waals surface area contributed by atoms with E-state index in [1.54, 1.807) is 11.8 Å². The minimum atomic E-state index is 0.0663. The predicted molar refractivity (Wildman–Crippen MR) is 113 cm³/mol. The van der Waals surface area contributed by atoms with Crippen LogP contribution in [0.1, 0.15) is 31.0 Å². The lowest BCUT2D eigenvalue weighted by Crippen LogP contribution is -2.37. The van der Waals surface area contributed by atoms with Crippen LogP contribution in [0.5, 0.6) is 0 Å². The van der Waals surface area contributed by atoms with Gasteiger partial charge in [0.05, 0.1) is 5.69 Å². The molecule has 3 heterocycles. The normalized spacial score (nSPS) is 17.7. The van der Waals surface area contributed by atoms with E-state index in [4.69, 9.17) is 0 Å². The molecule has 7 heteroatoms. The highest BCUT2D eigenvalue weighted by Crippen LogP contribution is 2.27. The molecule has 0 radical (unpaired) electrons. The van der Waals surface area contributed by atoms with E-state index in [0.29, 0.717) is 12.3 Å². The zero-order valence-corrected chi connectivity index (χ0v) is 16.9. The molecule has 0 saturated carbocycles. The van der Waals surface area contributed by atoms with Gasteiger partial charge in [-0.25, -0.2) is 0 Å². The molecule has 1 atom stereocenters. The van der Waals surface area contributed by atoms with Crippen molar-refractivity contribution in [2.24, 2.45) is 0 Å². The number of benzene rings is 1. The maximum Gasteiger partial charge on any atom is 0.225 e. The van der Waals surface area contributed by atoms with Crippen LogP contribution in [0.25, 0.3) is 5.65 Å². The number of rotatable bonds is 6. The first-order chi connectivity index (χ1) is 13.7. The molecule has 6 nitrogen and oxygen atoms in total. The topological polar surface area (TPSA) is 62.5 Å². The molecule has 1 fully saturated rings. The molecule has 1 aliphatic rings. The van der Waals surface area contributed by atoms with Crippen LogP contribution in [-0.4, -0.2) is 51.3 Å². The number of piperidine rings is 1. The van der Waals surface area contributed by atoms with Crippen LogP contribution in [0.2, 0.25) is 0 Å². The summed E-state index contributed by atoms with van der Waals surface area (Å²) in [5, 5.41) is 11.8. The molecule has 146 valence electrons. The summed E-state index contributed by atoms with van der Waals surface area (Å²) in [6.45, 7) is 2.72. The van der Waals surface area contributed by atoms with E-state index in [9.17, 15) is 4.79 Å². The Morgan fingerprint density at radius 2 is 2.07 bits per heavy atom. The number of fused-ring (bicyclic) bond motifs is 1. The van der Waals surface area contributed by atoms with Crippen LogP contribution < -0.4 is 5.32 Å². The molecule has 0 aliphatic carbocycles. The number of para-hydroxylation sites is 1. The fourth-order valence-corrected chi connectivity index (χ4v) is 4.38. The summed E-state index contributed by atoms with van der Waals surface area (Å²) in [7, 11) is 0. The molecule has 1 saturated heterocycles. The second-order valence-electron chi connectivity index (χ2n) is 7.13. The Hall–Kier alpha value is -2.38. The van der Waals surface area contributed by atoms with Crippen LogP contribution in [0, 0.1) is 0 Å². The first-order valence-corrected chi connectivity index (χ1v) is 10.9. The van der Waals surface area contributed by atoms with Gasteiger partial charge in [-0.1, -0.05) is 18.2 Å². The van der Waals surface area contributed by atoms with Crippen molar-refractivity contribution in [3.63, 3.8) is 0 Å². The quantitative estimate of drug-likeness (QED) is 0.646. The van der Waals surface area contributed by atoms with Gasteiger partial charge >= 0.3 is 0 Å². The van der Waals surface area contributed by atoms with E-state index >= 15 is 0 Å². The van der Waals surface area contributed by atoms with Gasteiger partial charge in [-0.3, -0.25) is 9.20 Å². The second kappa shape index (κ2) is 8.75. The molecule has 4 rings (SSSR count). The Morgan fingerprint density at radius 1 is 1.21 bits per heavy atom. The molecular weight excluding hydrogens is 370 g/mol. The molecule has 1 aliphatic heterocycles. The number of nitrogens with one attached hydrogen (secondary N) is 1. The van der Waals surface area contributed by atoms with Gasteiger partial charge in [0.15, 0.2) is 5.65 Å². The Balaban J connectivity index is 1.34. The Morgan fingerprint density at radius 3 is 2.96 bits per heavy atom. The van der Waals surface area contributed by atoms with Crippen molar-refractivity contribution < 1.29 is 4.79 Å². The number of likely N-dealkylation sites (tertiary alicyclic amines) is 1. The van der Waals surface area contributed by atoms with Gasteiger partial charge in [0.2, 0.25) is 5.91 Å². The lowest BCUT2D eigenvalue weighted by Gasteiger charge is -2.31. The summed E-state index contributed by atoms with van der Waals surface area (Å²) in [5.74, 6) is 1.45. The third-order valence-electron chi connectivity index (χ3n) is 5.25. The Labute approximate surface area is 169 Å². The summed E-state index contributed by atoms with van der Waals surface area (Å²) in [4.78, 5) is 15.9. The number of hydrogen-bond acceptors (Lipinski definition) is 5. The predicted octanol–water partition coefficient (Wildman–Crippen LogP) is 3.66. The van der Waals surface area contributed by atoms with Crippen LogP contribution in [0.15, 0.2) is 53.6 Å². The lowest BCUT2D eigenvalue weighted by atomic mass is 9.97. The zero-order chi connectivity index (χ0) is 19.3. The van der Waals surface area contributed by atoms with Crippen molar-refractivity contribution in [1.29, 1.82) is 0 Å². The van der Waals surface area contributed by atoms with Gasteiger partial charge in [0.25, 0.3) is 0 Å². The van der Waals surface area contributed by atoms with Crippen LogP contribution in [0.3, 0.4) is 0 Å². The van der Waals surface area contributed by atoms with Gasteiger partial charge in [-0.2, -0.15) is 0 Å². The maximum absolute atomic E-state index is 12.4. The molecule has 2 aromatic heterocycles. The number of nitrogens with zero attached hydrogens (tertiary/aromatic N) is 4. The molecule has 1 N–H and O–H groups in total. The molecule has 1 aromatic carbocycles. The number of anilines is 1. The Kier molecular flexibility index (Phi) is 5.92. The van der Waals surface area contributed by atoms with E-state index in [1.807, 2.05) is 54.9 Å². The van der Waals surface area contributed by atoms with E-state index in [-0.39, 0.29) is 5.91 Å². The second-order valence-corrected chi connectivity index (χ2v) is 7.97. The number of thioether (sulfide) groups is 1. The van der Waals surface area contributed by atoms with E-state index in [0.717, 1.165) is 54.5 Å². The SMILES string of the molecule is CSc1ccccc1NC(=O)CCN1CCC[C@H](c2nnc3ccccn23)C1. The van der Waals surface area contributed by atoms with E-state index in [1.165, 1.54) is 0 Å². The first kappa shape index (κ1) is 19.0. The molecule has 1 amide bonds. The Bertz CT molecular complexity index is 957. The number of carbonyl (C=O) groups is 1. The van der Waals surface area contributed by atoms with Crippen LogP contribution in [-0.2, 0) is 4.79 Å². The highest BCUT2D eigenvalue weighted by molar-refractivity contribution is 7.98. The summed E-state index contributed by atoms with van der Waals surface area (Å²) < 4.78 is 2.08. The number of amides is 1. The summed E-state index contributed by atoms with van der Waals surface area (Å²) >= 11 is 1.64. The minimum Gasteiger partial charge on any atom is -0.325 e. The van der Waals surface area contributed by atoms with Crippen molar-refractivity contribution >= 4 is 29.0 Å². The van der Waals surface area contributed by atoms with Crippen molar-refractivity contribution in [2.75, 3.05) is 31.2 Å². The van der Waals surface area contributed by atoms with Gasteiger partial charge in [-0.15, -0.1) is 22.0 Å². The van der Waals surface area contributed by atoms with Crippen molar-refractivity contribution in [3.05, 3.63) is 54.5 Å². The van der Waals surface area contributed by atoms with Gasteiger partial charge in [0, 0.05) is 36.5 Å². The molecule has 0 bridgehead atoms. The molecule has 0 spiro atoms. The molecule has 3 aromatic rings. The van der Waals surface area contributed by atoms with Crippen LogP contribution >= 0.6 is 11.8 Å². The summed E-state index contributed by atoms with van der Waals surface area (Å²) in [6.07, 6.45) is 6.77. The number of pyridine rings is 1. The smallest absolute Gasteiger partial charge is 0.225 e. The monoisotopic (exact) mass is 395 g/mol. The fourth-order valence-electron chi connectivity index (χ4n) is 3.83. The highest BCUT2D eigenvalue weighted by Gasteiger charge is 2.25. The largest absolute Gasteiger partial charge is 0.325 e. The number of hydrogen-bond donors (Lipinski definition) is 1. The average Bonchev–Trinajstić information content (AvgIpc) is 3.17. The fraction of sp³-hybridized carbons (Fsp3) is 0.381. The van der Waals surface area contributed by atoms with Crippen molar-refractivity contribution in [2.45, 2.75) is 30.1 Å². The van der Waals surface area contributed by atoms with E-state index in [2.05, 4.69) is 24.8 Å².